The summed E-state index contributed by atoms with van der Waals surface area (Å²) >= 11 is 5.99. The van der Waals surface area contributed by atoms with E-state index in [-0.39, 0.29) is 17.9 Å². The van der Waals surface area contributed by atoms with Gasteiger partial charge in [0.2, 0.25) is 0 Å². The van der Waals surface area contributed by atoms with Crippen LogP contribution < -0.4 is 10.1 Å². The summed E-state index contributed by atoms with van der Waals surface area (Å²) in [6.07, 6.45) is 0. The first kappa shape index (κ1) is 19.4. The first-order valence-corrected chi connectivity index (χ1v) is 8.72. The van der Waals surface area contributed by atoms with Crippen molar-refractivity contribution < 1.29 is 24.0 Å². The van der Waals surface area contributed by atoms with Gasteiger partial charge in [-0.25, -0.2) is 4.79 Å². The fraction of sp³-hybridized carbons (Fsp3) is 0.150. The second-order valence-corrected chi connectivity index (χ2v) is 6.44. The molecule has 1 amide bonds. The van der Waals surface area contributed by atoms with Crippen LogP contribution in [0.3, 0.4) is 0 Å². The number of anilines is 1. The van der Waals surface area contributed by atoms with Crippen molar-refractivity contribution >= 4 is 29.2 Å². The highest BCUT2D eigenvalue weighted by molar-refractivity contribution is 6.32. The SMILES string of the molecule is Cc1noc(C)c1-c1ccc(C(=O)O)c(NC(=O)COc2ccccc2Cl)c1. The van der Waals surface area contributed by atoms with Crippen LogP contribution in [0.15, 0.2) is 47.0 Å². The van der Waals surface area contributed by atoms with Crippen LogP contribution in [-0.4, -0.2) is 28.7 Å². The van der Waals surface area contributed by atoms with Gasteiger partial charge in [0.1, 0.15) is 11.5 Å². The number of hydrogen-bond acceptors (Lipinski definition) is 5. The van der Waals surface area contributed by atoms with Gasteiger partial charge in [0, 0.05) is 5.56 Å². The number of aromatic nitrogens is 1. The molecule has 8 heteroatoms. The first-order chi connectivity index (χ1) is 13.4. The minimum absolute atomic E-state index is 0.0402. The number of nitrogens with one attached hydrogen (secondary N) is 1. The fourth-order valence-corrected chi connectivity index (χ4v) is 2.97. The Hall–Kier alpha value is -3.32. The molecular weight excluding hydrogens is 384 g/mol. The van der Waals surface area contributed by atoms with E-state index in [1.54, 1.807) is 50.2 Å². The highest BCUT2D eigenvalue weighted by Gasteiger charge is 2.18. The van der Waals surface area contributed by atoms with Gasteiger partial charge in [-0.2, -0.15) is 0 Å². The largest absolute Gasteiger partial charge is 0.482 e. The maximum atomic E-state index is 12.3. The topological polar surface area (TPSA) is 102 Å². The van der Waals surface area contributed by atoms with Crippen LogP contribution in [0.2, 0.25) is 5.02 Å². The molecule has 1 aromatic heterocycles. The summed E-state index contributed by atoms with van der Waals surface area (Å²) in [4.78, 5) is 23.8. The van der Waals surface area contributed by atoms with E-state index in [4.69, 9.17) is 20.9 Å². The van der Waals surface area contributed by atoms with Crippen molar-refractivity contribution in [1.82, 2.24) is 5.16 Å². The number of aromatic carboxylic acids is 1. The van der Waals surface area contributed by atoms with Gasteiger partial charge in [0.25, 0.3) is 5.91 Å². The molecular formula is C20H17ClN2O5. The zero-order chi connectivity index (χ0) is 20.3. The normalized spacial score (nSPS) is 10.5. The van der Waals surface area contributed by atoms with E-state index in [0.717, 1.165) is 5.56 Å². The zero-order valence-electron chi connectivity index (χ0n) is 15.2. The smallest absolute Gasteiger partial charge is 0.337 e. The van der Waals surface area contributed by atoms with Gasteiger partial charge >= 0.3 is 5.97 Å². The van der Waals surface area contributed by atoms with Crippen LogP contribution in [0.5, 0.6) is 5.75 Å². The van der Waals surface area contributed by atoms with Crippen molar-refractivity contribution in [3.05, 3.63) is 64.5 Å². The van der Waals surface area contributed by atoms with Crippen LogP contribution in [0.4, 0.5) is 5.69 Å². The predicted molar refractivity (Wildman–Crippen MR) is 104 cm³/mol. The summed E-state index contributed by atoms with van der Waals surface area (Å²) in [5.74, 6) is -0.715. The first-order valence-electron chi connectivity index (χ1n) is 8.34. The molecule has 0 spiro atoms. The Kier molecular flexibility index (Phi) is 5.65. The van der Waals surface area contributed by atoms with E-state index in [1.807, 2.05) is 0 Å². The van der Waals surface area contributed by atoms with E-state index in [0.29, 0.717) is 27.8 Å². The van der Waals surface area contributed by atoms with Crippen molar-refractivity contribution in [2.75, 3.05) is 11.9 Å². The van der Waals surface area contributed by atoms with E-state index in [2.05, 4.69) is 10.5 Å². The van der Waals surface area contributed by atoms with Crippen LogP contribution in [0, 0.1) is 13.8 Å². The molecule has 0 unspecified atom stereocenters. The van der Waals surface area contributed by atoms with Crippen molar-refractivity contribution in [2.45, 2.75) is 13.8 Å². The lowest BCUT2D eigenvalue weighted by Crippen LogP contribution is -2.21. The maximum Gasteiger partial charge on any atom is 0.337 e. The molecule has 0 radical (unpaired) electrons. The molecule has 28 heavy (non-hydrogen) atoms. The molecule has 0 saturated carbocycles. The lowest BCUT2D eigenvalue weighted by Gasteiger charge is -2.12. The predicted octanol–water partition coefficient (Wildman–Crippen LogP) is 4.33. The number of nitrogens with zero attached hydrogens (tertiary/aromatic N) is 1. The Bertz CT molecular complexity index is 1030. The summed E-state index contributed by atoms with van der Waals surface area (Å²) in [7, 11) is 0. The van der Waals surface area contributed by atoms with Gasteiger partial charge in [-0.3, -0.25) is 4.79 Å². The van der Waals surface area contributed by atoms with E-state index in [1.165, 1.54) is 6.07 Å². The number of benzene rings is 2. The Labute approximate surface area is 165 Å². The number of carbonyl (C=O) groups excluding carboxylic acids is 1. The minimum Gasteiger partial charge on any atom is -0.482 e. The zero-order valence-corrected chi connectivity index (χ0v) is 15.9. The van der Waals surface area contributed by atoms with Crippen molar-refractivity contribution in [1.29, 1.82) is 0 Å². The Morgan fingerprint density at radius 1 is 1.21 bits per heavy atom. The molecule has 0 atom stereocenters. The minimum atomic E-state index is -1.16. The Balaban J connectivity index is 1.83. The van der Waals surface area contributed by atoms with E-state index < -0.39 is 11.9 Å². The summed E-state index contributed by atoms with van der Waals surface area (Å²) in [5.41, 5.74) is 2.21. The van der Waals surface area contributed by atoms with Gasteiger partial charge in [-0.1, -0.05) is 35.0 Å². The molecule has 0 aliphatic heterocycles. The molecule has 0 aliphatic carbocycles. The third-order valence-corrected chi connectivity index (χ3v) is 4.35. The van der Waals surface area contributed by atoms with Crippen LogP contribution in [0.25, 0.3) is 11.1 Å². The summed E-state index contributed by atoms with van der Waals surface area (Å²) in [6, 6.07) is 11.4. The van der Waals surface area contributed by atoms with E-state index in [9.17, 15) is 14.7 Å². The molecule has 0 aliphatic rings. The van der Waals surface area contributed by atoms with Gasteiger partial charge in [0.05, 0.1) is 22.0 Å². The van der Waals surface area contributed by atoms with E-state index >= 15 is 0 Å². The molecule has 0 fully saturated rings. The average Bonchev–Trinajstić information content (AvgIpc) is 2.99. The molecule has 3 rings (SSSR count). The third-order valence-electron chi connectivity index (χ3n) is 4.04. The summed E-state index contributed by atoms with van der Waals surface area (Å²) in [6.45, 7) is 3.22. The Morgan fingerprint density at radius 3 is 2.61 bits per heavy atom. The van der Waals surface area contributed by atoms with Crippen molar-refractivity contribution in [2.24, 2.45) is 0 Å². The number of aryl methyl sites for hydroxylation is 2. The van der Waals surface area contributed by atoms with Crippen LogP contribution >= 0.6 is 11.6 Å². The standard InChI is InChI=1S/C20H17ClN2O5/c1-11-19(12(2)28-23-11)13-7-8-14(20(25)26)16(9-13)22-18(24)10-27-17-6-4-3-5-15(17)21/h3-9H,10H2,1-2H3,(H,22,24)(H,25,26). The highest BCUT2D eigenvalue weighted by Crippen LogP contribution is 2.31. The quantitative estimate of drug-likeness (QED) is 0.638. The van der Waals surface area contributed by atoms with Crippen molar-refractivity contribution in [3.8, 4) is 16.9 Å². The monoisotopic (exact) mass is 400 g/mol. The molecule has 2 aromatic carbocycles. The number of para-hydroxylation sites is 1. The number of carbonyl (C=O) groups is 2. The van der Waals surface area contributed by atoms with Gasteiger partial charge in [-0.15, -0.1) is 0 Å². The highest BCUT2D eigenvalue weighted by atomic mass is 35.5. The maximum absolute atomic E-state index is 12.3. The molecule has 2 N–H and O–H groups in total. The second-order valence-electron chi connectivity index (χ2n) is 6.03. The second kappa shape index (κ2) is 8.14. The van der Waals surface area contributed by atoms with Crippen LogP contribution in [-0.2, 0) is 4.79 Å². The lowest BCUT2D eigenvalue weighted by atomic mass is 10.0. The molecule has 144 valence electrons. The van der Waals surface area contributed by atoms with Crippen molar-refractivity contribution in [3.63, 3.8) is 0 Å². The number of halogens is 1. The summed E-state index contributed by atoms with van der Waals surface area (Å²) in [5, 5.41) is 16.3. The number of ether oxygens (including phenoxy) is 1. The van der Waals surface area contributed by atoms with Gasteiger partial charge in [-0.05, 0) is 43.7 Å². The average molecular weight is 401 g/mol. The Morgan fingerprint density at radius 2 is 1.96 bits per heavy atom. The third kappa shape index (κ3) is 4.15. The number of hydrogen-bond donors (Lipinski definition) is 2. The molecule has 3 aromatic rings. The number of carboxylic acid groups (broad SMARTS) is 1. The number of rotatable bonds is 6. The molecule has 7 nitrogen and oxygen atoms in total. The van der Waals surface area contributed by atoms with Gasteiger partial charge in [0.15, 0.2) is 6.61 Å². The molecule has 0 bridgehead atoms. The number of amides is 1. The van der Waals surface area contributed by atoms with Crippen LogP contribution in [0.1, 0.15) is 21.8 Å². The summed E-state index contributed by atoms with van der Waals surface area (Å²) < 4.78 is 10.6. The molecule has 0 saturated heterocycles. The molecule has 1 heterocycles. The number of carboxylic acids is 1. The lowest BCUT2D eigenvalue weighted by molar-refractivity contribution is -0.118. The van der Waals surface area contributed by atoms with Gasteiger partial charge < -0.3 is 19.7 Å². The fourth-order valence-electron chi connectivity index (χ4n) is 2.78.